The number of carbonyl (C=O) groups excluding carboxylic acids is 3. The van der Waals surface area contributed by atoms with Crippen molar-refractivity contribution >= 4 is 17.9 Å². The van der Waals surface area contributed by atoms with Gasteiger partial charge in [-0.05, 0) is 77.0 Å². The number of hydrogen-bond acceptors (Lipinski definition) is 7. The van der Waals surface area contributed by atoms with Crippen LogP contribution in [-0.2, 0) is 28.6 Å². The summed E-state index contributed by atoms with van der Waals surface area (Å²) in [4.78, 5) is 36.7. The van der Waals surface area contributed by atoms with Crippen LogP contribution >= 0.6 is 0 Å². The summed E-state index contributed by atoms with van der Waals surface area (Å²) in [6.07, 6.45) is 42.5. The van der Waals surface area contributed by atoms with Gasteiger partial charge in [-0.3, -0.25) is 9.59 Å². The van der Waals surface area contributed by atoms with Crippen molar-refractivity contribution < 1.29 is 38.2 Å². The van der Waals surface area contributed by atoms with Gasteiger partial charge in [-0.2, -0.15) is 0 Å². The molecule has 0 saturated carbocycles. The van der Waals surface area contributed by atoms with Crippen molar-refractivity contribution in [2.24, 2.45) is 0 Å². The van der Waals surface area contributed by atoms with Gasteiger partial charge in [0, 0.05) is 19.3 Å². The number of unbranched alkanes of at least 4 members (excludes halogenated alkanes) is 12. The van der Waals surface area contributed by atoms with E-state index in [1.54, 1.807) is 21.1 Å². The molecule has 8 heteroatoms. The van der Waals surface area contributed by atoms with Crippen LogP contribution in [0.25, 0.3) is 0 Å². The van der Waals surface area contributed by atoms with Gasteiger partial charge >= 0.3 is 11.9 Å². The fourth-order valence-corrected chi connectivity index (χ4v) is 5.64. The predicted molar refractivity (Wildman–Crippen MR) is 217 cm³/mol. The van der Waals surface area contributed by atoms with Crippen LogP contribution in [0.4, 0.5) is 0 Å². The highest BCUT2D eigenvalue weighted by molar-refractivity contribution is 5.70. The van der Waals surface area contributed by atoms with Gasteiger partial charge in [-0.1, -0.05) is 120 Å². The predicted octanol–water partition coefficient (Wildman–Crippen LogP) is 9.69. The third kappa shape index (κ3) is 34.5. The Morgan fingerprint density at radius 3 is 1.60 bits per heavy atom. The number of carboxylic acids is 1. The molecule has 0 N–H and O–H groups in total. The molecule has 0 fully saturated rings. The van der Waals surface area contributed by atoms with Crippen LogP contribution in [0, 0.1) is 0 Å². The highest BCUT2D eigenvalue weighted by atomic mass is 16.6. The number of carbonyl (C=O) groups is 3. The smallest absolute Gasteiger partial charge is 0.306 e. The molecule has 8 nitrogen and oxygen atoms in total. The maximum absolute atomic E-state index is 12.6. The molecule has 0 spiro atoms. The van der Waals surface area contributed by atoms with Crippen LogP contribution < -0.4 is 5.11 Å². The maximum atomic E-state index is 12.6. The molecule has 0 amide bonds. The summed E-state index contributed by atoms with van der Waals surface area (Å²) < 4.78 is 17.1. The van der Waals surface area contributed by atoms with E-state index in [1.165, 1.54) is 51.4 Å². The van der Waals surface area contributed by atoms with Crippen LogP contribution in [0.3, 0.4) is 0 Å². The molecule has 2 unspecified atom stereocenters. The monoisotopic (exact) mass is 744 g/mol. The van der Waals surface area contributed by atoms with Crippen molar-refractivity contribution in [1.82, 2.24) is 0 Å². The normalized spacial score (nSPS) is 13.6. The van der Waals surface area contributed by atoms with Gasteiger partial charge in [0.1, 0.15) is 12.6 Å². The molecule has 0 aromatic heterocycles. The Hall–Kier alpha value is -2.97. The Morgan fingerprint density at radius 1 is 0.585 bits per heavy atom. The molecule has 0 aromatic carbocycles. The number of rotatable bonds is 36. The molecule has 0 heterocycles. The van der Waals surface area contributed by atoms with Crippen molar-refractivity contribution in [3.8, 4) is 0 Å². The summed E-state index contributed by atoms with van der Waals surface area (Å²) in [5, 5.41) is 11.6. The first-order valence-corrected chi connectivity index (χ1v) is 20.8. The largest absolute Gasteiger partial charge is 0.544 e. The zero-order chi connectivity index (χ0) is 39.3. The van der Waals surface area contributed by atoms with E-state index in [-0.39, 0.29) is 49.1 Å². The van der Waals surface area contributed by atoms with Crippen molar-refractivity contribution in [3.05, 3.63) is 60.8 Å². The van der Waals surface area contributed by atoms with E-state index in [9.17, 15) is 19.5 Å². The van der Waals surface area contributed by atoms with Gasteiger partial charge in [-0.15, -0.1) is 0 Å². The summed E-state index contributed by atoms with van der Waals surface area (Å²) in [5.74, 6) is -1.80. The van der Waals surface area contributed by atoms with Crippen molar-refractivity contribution in [3.63, 3.8) is 0 Å². The van der Waals surface area contributed by atoms with E-state index in [1.807, 2.05) is 0 Å². The summed E-state index contributed by atoms with van der Waals surface area (Å²) in [7, 11) is 5.38. The SMILES string of the molecule is CC/C=C/C/C=C/C/C=C/CCCCC(=O)OC(COCCC(C(=O)[O-])[N+](C)(C)C)COC(=O)CCCCCCCCC/C=C/C/C=C/CCCCC. The number of hydrogen-bond donors (Lipinski definition) is 0. The van der Waals surface area contributed by atoms with E-state index in [0.29, 0.717) is 12.8 Å². The number of quaternary nitrogens is 1. The first kappa shape index (κ1) is 50.0. The minimum Gasteiger partial charge on any atom is -0.544 e. The van der Waals surface area contributed by atoms with Gasteiger partial charge in [-0.25, -0.2) is 0 Å². The molecule has 0 aromatic rings. The molecular formula is C45H77NO7. The molecule has 304 valence electrons. The van der Waals surface area contributed by atoms with E-state index in [0.717, 1.165) is 64.2 Å². The Balaban J connectivity index is 4.42. The van der Waals surface area contributed by atoms with E-state index >= 15 is 0 Å². The maximum Gasteiger partial charge on any atom is 0.306 e. The summed E-state index contributed by atoms with van der Waals surface area (Å²) in [6, 6.07) is -0.735. The van der Waals surface area contributed by atoms with Crippen LogP contribution in [0.2, 0.25) is 0 Å². The third-order valence-electron chi connectivity index (χ3n) is 8.89. The quantitative estimate of drug-likeness (QED) is 0.0273. The van der Waals surface area contributed by atoms with Crippen molar-refractivity contribution in [1.29, 1.82) is 0 Å². The summed E-state index contributed by atoms with van der Waals surface area (Å²) >= 11 is 0. The lowest BCUT2D eigenvalue weighted by molar-refractivity contribution is -0.889. The lowest BCUT2D eigenvalue weighted by Gasteiger charge is -2.34. The first-order chi connectivity index (χ1) is 25.6. The number of aliphatic carboxylic acids is 1. The van der Waals surface area contributed by atoms with Crippen LogP contribution in [-0.4, -0.2) is 75.5 Å². The highest BCUT2D eigenvalue weighted by Gasteiger charge is 2.25. The molecule has 0 aliphatic carbocycles. The minimum atomic E-state index is -1.14. The second kappa shape index (κ2) is 36.0. The second-order valence-corrected chi connectivity index (χ2v) is 14.8. The van der Waals surface area contributed by atoms with Crippen LogP contribution in [0.1, 0.15) is 155 Å². The number of esters is 2. The molecule has 53 heavy (non-hydrogen) atoms. The average molecular weight is 744 g/mol. The molecule has 0 rings (SSSR count). The molecule has 2 atom stereocenters. The molecule has 0 aliphatic rings. The van der Waals surface area contributed by atoms with E-state index in [2.05, 4.69) is 74.6 Å². The number of allylic oxidation sites excluding steroid dienone is 10. The number of likely N-dealkylation sites (N-methyl/N-ethyl adjacent to an activating group) is 1. The number of nitrogens with zero attached hydrogens (tertiary/aromatic N) is 1. The Kier molecular flexibility index (Phi) is 34.0. The molecule has 0 saturated heterocycles. The number of carboxylic acid groups (broad SMARTS) is 1. The van der Waals surface area contributed by atoms with Crippen LogP contribution in [0.15, 0.2) is 60.8 Å². The highest BCUT2D eigenvalue weighted by Crippen LogP contribution is 2.12. The van der Waals surface area contributed by atoms with Crippen molar-refractivity contribution in [2.75, 3.05) is 41.0 Å². The van der Waals surface area contributed by atoms with E-state index < -0.39 is 18.1 Å². The lowest BCUT2D eigenvalue weighted by atomic mass is 10.1. The van der Waals surface area contributed by atoms with Gasteiger partial charge < -0.3 is 28.6 Å². The summed E-state index contributed by atoms with van der Waals surface area (Å²) in [5.41, 5.74) is 0. The Bertz CT molecular complexity index is 1050. The van der Waals surface area contributed by atoms with Gasteiger partial charge in [0.15, 0.2) is 6.10 Å². The van der Waals surface area contributed by atoms with Crippen molar-refractivity contribution in [2.45, 2.75) is 167 Å². The Morgan fingerprint density at radius 2 is 1.06 bits per heavy atom. The first-order valence-electron chi connectivity index (χ1n) is 20.8. The summed E-state index contributed by atoms with van der Waals surface area (Å²) in [6.45, 7) is 4.45. The molecular weight excluding hydrogens is 666 g/mol. The van der Waals surface area contributed by atoms with Gasteiger partial charge in [0.2, 0.25) is 0 Å². The standard InChI is InChI=1S/C45H77NO7/c1-6-8-10-12-14-16-18-20-21-22-23-24-26-27-29-31-33-35-43(47)52-40-41(39-51-38-37-42(45(49)50)46(3,4)5)53-44(48)36-34-32-30-28-25-19-17-15-13-11-9-7-2/h9,11,14-17,20-21,25,28,41-42H,6-8,10,12-13,18-19,22-24,26-27,29-40H2,1-5H3/b11-9+,16-14+,17-15+,21-20+,28-25+. The fourth-order valence-electron chi connectivity index (χ4n) is 5.64. The molecule has 0 aliphatic heterocycles. The van der Waals surface area contributed by atoms with Crippen LogP contribution in [0.5, 0.6) is 0 Å². The lowest BCUT2D eigenvalue weighted by Crippen LogP contribution is -2.55. The second-order valence-electron chi connectivity index (χ2n) is 14.8. The van der Waals surface area contributed by atoms with Gasteiger partial charge in [0.25, 0.3) is 0 Å². The molecule has 0 bridgehead atoms. The van der Waals surface area contributed by atoms with E-state index in [4.69, 9.17) is 14.2 Å². The number of ether oxygens (including phenoxy) is 3. The Labute approximate surface area is 324 Å². The average Bonchev–Trinajstić information content (AvgIpc) is 3.11. The minimum absolute atomic E-state index is 0.0202. The third-order valence-corrected chi connectivity index (χ3v) is 8.89. The zero-order valence-electron chi connectivity index (χ0n) is 34.4. The topological polar surface area (TPSA) is 102 Å². The molecule has 0 radical (unpaired) electrons. The zero-order valence-corrected chi connectivity index (χ0v) is 34.4. The fraction of sp³-hybridized carbons (Fsp3) is 0.711. The van der Waals surface area contributed by atoms with Gasteiger partial charge in [0.05, 0.1) is 40.3 Å².